The minimum Gasteiger partial charge on any atom is -0.504 e. The second-order valence-electron chi connectivity index (χ2n) is 9.53. The summed E-state index contributed by atoms with van der Waals surface area (Å²) >= 11 is 0. The Labute approximate surface area is 264 Å². The molecule has 45 heavy (non-hydrogen) atoms. The highest BCUT2D eigenvalue weighted by Crippen LogP contribution is 2.30. The lowest BCUT2D eigenvalue weighted by atomic mass is 10.2. The van der Waals surface area contributed by atoms with Gasteiger partial charge in [-0.15, -0.1) is 0 Å². The smallest absolute Gasteiger partial charge is 0.338 e. The Bertz CT molecular complexity index is 1460. The molecule has 0 aliphatic heterocycles. The Balaban J connectivity index is 0.000000251. The number of hydrogen-bond donors (Lipinski definition) is 1. The van der Waals surface area contributed by atoms with Crippen LogP contribution in [0.2, 0.25) is 0 Å². The van der Waals surface area contributed by atoms with E-state index in [0.717, 1.165) is 17.5 Å². The number of hydrogen-bond acceptors (Lipinski definition) is 9. The number of benzene rings is 4. The van der Waals surface area contributed by atoms with Crippen molar-refractivity contribution in [2.45, 2.75) is 33.5 Å². The SMILES string of the molecule is CCOC(=O)c1ccc(OCc2ccccc2)c(O)c1.CCOC(=O)c1ccc(OCc2ccccc2)c(OCCCOC)c1. The second kappa shape index (κ2) is 19.3. The van der Waals surface area contributed by atoms with Crippen LogP contribution in [0.15, 0.2) is 97.1 Å². The molecular weight excluding hydrogens is 576 g/mol. The minimum atomic E-state index is -0.461. The summed E-state index contributed by atoms with van der Waals surface area (Å²) in [4.78, 5) is 23.4. The summed E-state index contributed by atoms with van der Waals surface area (Å²) in [5.74, 6) is 0.538. The van der Waals surface area contributed by atoms with E-state index in [1.165, 1.54) is 6.07 Å². The lowest BCUT2D eigenvalue weighted by molar-refractivity contribution is 0.0516. The first-order chi connectivity index (χ1) is 21.9. The maximum Gasteiger partial charge on any atom is 0.338 e. The third kappa shape index (κ3) is 11.9. The van der Waals surface area contributed by atoms with E-state index in [4.69, 9.17) is 28.4 Å². The van der Waals surface area contributed by atoms with Gasteiger partial charge in [0.05, 0.1) is 30.9 Å². The Kier molecular flexibility index (Phi) is 14.8. The molecule has 0 unspecified atom stereocenters. The summed E-state index contributed by atoms with van der Waals surface area (Å²) in [5, 5.41) is 9.85. The summed E-state index contributed by atoms with van der Waals surface area (Å²) in [6.45, 7) is 5.99. The van der Waals surface area contributed by atoms with E-state index < -0.39 is 5.97 Å². The number of ether oxygens (including phenoxy) is 6. The van der Waals surface area contributed by atoms with Gasteiger partial charge in [-0.2, -0.15) is 0 Å². The summed E-state index contributed by atoms with van der Waals surface area (Å²) in [7, 11) is 1.65. The maximum atomic E-state index is 11.9. The van der Waals surface area contributed by atoms with Crippen LogP contribution < -0.4 is 14.2 Å². The maximum absolute atomic E-state index is 11.9. The van der Waals surface area contributed by atoms with Crippen molar-refractivity contribution in [3.05, 3.63) is 119 Å². The fourth-order valence-corrected chi connectivity index (χ4v) is 3.92. The molecule has 0 spiro atoms. The molecule has 0 bridgehead atoms. The Hall–Kier alpha value is -5.02. The molecule has 0 radical (unpaired) electrons. The molecule has 0 atom stereocenters. The van der Waals surface area contributed by atoms with Crippen molar-refractivity contribution in [1.29, 1.82) is 0 Å². The predicted molar refractivity (Wildman–Crippen MR) is 170 cm³/mol. The summed E-state index contributed by atoms with van der Waals surface area (Å²) in [6, 6.07) is 29.1. The Morgan fingerprint density at radius 3 is 1.62 bits per heavy atom. The zero-order valence-electron chi connectivity index (χ0n) is 25.9. The van der Waals surface area contributed by atoms with Crippen LogP contribution in [0.5, 0.6) is 23.0 Å². The van der Waals surface area contributed by atoms with E-state index in [2.05, 4.69) is 0 Å². The second-order valence-corrected chi connectivity index (χ2v) is 9.53. The Morgan fingerprint density at radius 2 is 1.11 bits per heavy atom. The molecule has 1 N–H and O–H groups in total. The molecule has 0 saturated carbocycles. The van der Waals surface area contributed by atoms with Gasteiger partial charge in [-0.1, -0.05) is 60.7 Å². The zero-order valence-corrected chi connectivity index (χ0v) is 25.9. The van der Waals surface area contributed by atoms with Gasteiger partial charge in [-0.3, -0.25) is 0 Å². The van der Waals surface area contributed by atoms with Gasteiger partial charge in [0.25, 0.3) is 0 Å². The van der Waals surface area contributed by atoms with Gasteiger partial charge in [-0.05, 0) is 61.4 Å². The molecule has 0 aliphatic carbocycles. The fraction of sp³-hybridized carbons (Fsp3) is 0.278. The minimum absolute atomic E-state index is 0.0773. The van der Waals surface area contributed by atoms with E-state index in [9.17, 15) is 14.7 Å². The van der Waals surface area contributed by atoms with Crippen molar-refractivity contribution < 1.29 is 43.1 Å². The van der Waals surface area contributed by atoms with Crippen LogP contribution in [0.25, 0.3) is 0 Å². The fourth-order valence-electron chi connectivity index (χ4n) is 3.92. The summed E-state index contributed by atoms with van der Waals surface area (Å²) < 4.78 is 32.1. The molecule has 0 aromatic heterocycles. The molecule has 4 aromatic carbocycles. The molecule has 0 heterocycles. The monoisotopic (exact) mass is 616 g/mol. The number of aromatic hydroxyl groups is 1. The van der Waals surface area contributed by atoms with Gasteiger partial charge < -0.3 is 33.5 Å². The number of phenols is 1. The largest absolute Gasteiger partial charge is 0.504 e. The third-order valence-corrected chi connectivity index (χ3v) is 6.15. The topological polar surface area (TPSA) is 110 Å². The first-order valence-electron chi connectivity index (χ1n) is 14.7. The van der Waals surface area contributed by atoms with Crippen molar-refractivity contribution in [2.75, 3.05) is 33.5 Å². The quantitative estimate of drug-likeness (QED) is 0.111. The van der Waals surface area contributed by atoms with Gasteiger partial charge >= 0.3 is 11.9 Å². The van der Waals surface area contributed by atoms with E-state index in [1.807, 2.05) is 60.7 Å². The van der Waals surface area contributed by atoms with Crippen molar-refractivity contribution in [2.24, 2.45) is 0 Å². The molecule has 0 fully saturated rings. The van der Waals surface area contributed by atoms with Gasteiger partial charge in [-0.25, -0.2) is 9.59 Å². The van der Waals surface area contributed by atoms with Crippen LogP contribution in [0, 0.1) is 0 Å². The highest BCUT2D eigenvalue weighted by molar-refractivity contribution is 5.90. The van der Waals surface area contributed by atoms with Crippen molar-refractivity contribution in [1.82, 2.24) is 0 Å². The molecule has 0 aliphatic rings. The average molecular weight is 617 g/mol. The average Bonchev–Trinajstić information content (AvgIpc) is 3.07. The zero-order chi connectivity index (χ0) is 32.3. The van der Waals surface area contributed by atoms with Gasteiger partial charge in [0.1, 0.15) is 13.2 Å². The van der Waals surface area contributed by atoms with Crippen molar-refractivity contribution >= 4 is 11.9 Å². The van der Waals surface area contributed by atoms with Crippen molar-refractivity contribution in [3.8, 4) is 23.0 Å². The van der Waals surface area contributed by atoms with Crippen LogP contribution >= 0.6 is 0 Å². The standard InChI is InChI=1S/C20H24O5.C16H16O4/c1-3-23-20(21)17-10-11-18(19(14-17)24-13-7-12-22-2)25-15-16-8-5-4-6-9-16;1-2-19-16(18)13-8-9-15(14(17)10-13)20-11-12-6-4-3-5-7-12/h4-6,8-11,14H,3,7,12-13,15H2,1-2H3;3-10,17H,2,11H2,1H3. The van der Waals surface area contributed by atoms with Gasteiger partial charge in [0.15, 0.2) is 23.0 Å². The van der Waals surface area contributed by atoms with E-state index in [-0.39, 0.29) is 11.7 Å². The number of methoxy groups -OCH3 is 1. The lowest BCUT2D eigenvalue weighted by Crippen LogP contribution is -2.07. The number of phenolic OH excluding ortho intramolecular Hbond substituents is 1. The molecule has 0 amide bonds. The van der Waals surface area contributed by atoms with Crippen LogP contribution in [0.3, 0.4) is 0 Å². The number of carbonyl (C=O) groups is 2. The molecule has 4 rings (SSSR count). The summed E-state index contributed by atoms with van der Waals surface area (Å²) in [5.41, 5.74) is 2.80. The first-order valence-corrected chi connectivity index (χ1v) is 14.7. The van der Waals surface area contributed by atoms with Crippen LogP contribution in [0.1, 0.15) is 52.1 Å². The first kappa shape index (κ1) is 34.5. The molecule has 9 heteroatoms. The summed E-state index contributed by atoms with van der Waals surface area (Å²) in [6.07, 6.45) is 0.748. The normalized spacial score (nSPS) is 10.2. The molecule has 238 valence electrons. The Morgan fingerprint density at radius 1 is 0.600 bits per heavy atom. The van der Waals surface area contributed by atoms with Gasteiger partial charge in [0, 0.05) is 20.1 Å². The van der Waals surface area contributed by atoms with E-state index in [0.29, 0.717) is 68.0 Å². The van der Waals surface area contributed by atoms with E-state index in [1.54, 1.807) is 51.3 Å². The highest BCUT2D eigenvalue weighted by Gasteiger charge is 2.13. The number of esters is 2. The lowest BCUT2D eigenvalue weighted by Gasteiger charge is -2.14. The number of carbonyl (C=O) groups excluding carboxylic acids is 2. The molecule has 4 aromatic rings. The molecular formula is C36H40O9. The van der Waals surface area contributed by atoms with Gasteiger partial charge in [0.2, 0.25) is 0 Å². The van der Waals surface area contributed by atoms with Crippen LogP contribution in [-0.4, -0.2) is 50.6 Å². The number of rotatable bonds is 15. The van der Waals surface area contributed by atoms with Crippen LogP contribution in [0.4, 0.5) is 0 Å². The third-order valence-electron chi connectivity index (χ3n) is 6.15. The van der Waals surface area contributed by atoms with Crippen LogP contribution in [-0.2, 0) is 27.4 Å². The molecule has 0 saturated heterocycles. The highest BCUT2D eigenvalue weighted by atomic mass is 16.5. The van der Waals surface area contributed by atoms with E-state index >= 15 is 0 Å². The van der Waals surface area contributed by atoms with Crippen molar-refractivity contribution in [3.63, 3.8) is 0 Å². The molecule has 9 nitrogen and oxygen atoms in total. The predicted octanol–water partition coefficient (Wildman–Crippen LogP) is 7.01.